The first-order valence-electron chi connectivity index (χ1n) is 8.12. The molecule has 7 nitrogen and oxygen atoms in total. The van der Waals surface area contributed by atoms with Crippen LogP contribution in [-0.2, 0) is 20.7 Å². The van der Waals surface area contributed by atoms with Crippen LogP contribution in [0.1, 0.15) is 22.3 Å². The van der Waals surface area contributed by atoms with Crippen LogP contribution in [0.25, 0.3) is 0 Å². The predicted octanol–water partition coefficient (Wildman–Crippen LogP) is 2.29. The van der Waals surface area contributed by atoms with Crippen LogP contribution in [0.4, 0.5) is 0 Å². The third kappa shape index (κ3) is 6.63. The molecule has 142 valence electrons. The average molecular weight is 391 g/mol. The van der Waals surface area contributed by atoms with Crippen molar-refractivity contribution < 1.29 is 23.9 Å². The molecule has 0 radical (unpaired) electrons. The van der Waals surface area contributed by atoms with E-state index in [1.54, 1.807) is 37.4 Å². The van der Waals surface area contributed by atoms with E-state index >= 15 is 0 Å². The van der Waals surface area contributed by atoms with Crippen molar-refractivity contribution in [3.63, 3.8) is 0 Å². The van der Waals surface area contributed by atoms with Gasteiger partial charge in [0.05, 0.1) is 17.7 Å². The summed E-state index contributed by atoms with van der Waals surface area (Å²) in [6.45, 7) is -0.496. The van der Waals surface area contributed by atoms with Gasteiger partial charge >= 0.3 is 5.97 Å². The van der Waals surface area contributed by atoms with Crippen LogP contribution in [-0.4, -0.2) is 31.5 Å². The first-order valence-corrected chi connectivity index (χ1v) is 8.49. The lowest BCUT2D eigenvalue weighted by Gasteiger charge is -2.09. The topological polar surface area (TPSA) is 93.7 Å². The summed E-state index contributed by atoms with van der Waals surface area (Å²) < 4.78 is 9.94. The van der Waals surface area contributed by atoms with Gasteiger partial charge in [0.2, 0.25) is 0 Å². The minimum Gasteiger partial charge on any atom is -0.497 e. The van der Waals surface area contributed by atoms with Gasteiger partial charge in [0, 0.05) is 6.42 Å². The van der Waals surface area contributed by atoms with E-state index in [4.69, 9.17) is 21.1 Å². The van der Waals surface area contributed by atoms with Crippen LogP contribution in [0.5, 0.6) is 5.75 Å². The quantitative estimate of drug-likeness (QED) is 0.558. The lowest BCUT2D eigenvalue weighted by atomic mass is 10.1. The fourth-order valence-electron chi connectivity index (χ4n) is 2.13. The molecule has 27 heavy (non-hydrogen) atoms. The molecule has 0 bridgehead atoms. The molecule has 8 heteroatoms. The number of esters is 1. The molecule has 0 aliphatic heterocycles. The van der Waals surface area contributed by atoms with E-state index in [9.17, 15) is 14.4 Å². The van der Waals surface area contributed by atoms with Gasteiger partial charge in [0.25, 0.3) is 11.8 Å². The van der Waals surface area contributed by atoms with E-state index in [2.05, 4.69) is 10.9 Å². The molecule has 0 unspecified atom stereocenters. The van der Waals surface area contributed by atoms with Crippen LogP contribution in [0, 0.1) is 0 Å². The summed E-state index contributed by atoms with van der Waals surface area (Å²) in [5.74, 6) is -1.01. The first-order chi connectivity index (χ1) is 13.0. The zero-order chi connectivity index (χ0) is 19.6. The Kier molecular flexibility index (Phi) is 7.63. The monoisotopic (exact) mass is 390 g/mol. The number of rotatable bonds is 7. The van der Waals surface area contributed by atoms with Crippen molar-refractivity contribution in [2.75, 3.05) is 13.7 Å². The second-order valence-electron chi connectivity index (χ2n) is 5.49. The van der Waals surface area contributed by atoms with Crippen molar-refractivity contribution >= 4 is 29.4 Å². The summed E-state index contributed by atoms with van der Waals surface area (Å²) >= 11 is 5.89. The van der Waals surface area contributed by atoms with E-state index in [1.807, 2.05) is 12.1 Å². The largest absolute Gasteiger partial charge is 0.497 e. The number of ether oxygens (including phenoxy) is 2. The number of halogens is 1. The Balaban J connectivity index is 1.67. The normalized spacial score (nSPS) is 10.0. The number of methoxy groups -OCH3 is 1. The molecule has 0 atom stereocenters. The van der Waals surface area contributed by atoms with Crippen LogP contribution < -0.4 is 15.6 Å². The Labute approximate surface area is 161 Å². The Morgan fingerprint density at radius 2 is 1.70 bits per heavy atom. The van der Waals surface area contributed by atoms with Crippen LogP contribution in [0.15, 0.2) is 48.5 Å². The van der Waals surface area contributed by atoms with Crippen LogP contribution >= 0.6 is 11.6 Å². The number of benzene rings is 2. The van der Waals surface area contributed by atoms with Gasteiger partial charge in [-0.15, -0.1) is 0 Å². The number of carbonyl (C=O) groups excluding carboxylic acids is 3. The minimum absolute atomic E-state index is 0.131. The molecule has 2 rings (SSSR count). The third-order valence-electron chi connectivity index (χ3n) is 3.58. The highest BCUT2D eigenvalue weighted by Crippen LogP contribution is 2.14. The predicted molar refractivity (Wildman–Crippen MR) is 99.3 cm³/mol. The van der Waals surface area contributed by atoms with E-state index in [1.165, 1.54) is 6.07 Å². The Morgan fingerprint density at radius 3 is 2.37 bits per heavy atom. The van der Waals surface area contributed by atoms with Crippen molar-refractivity contribution in [3.05, 3.63) is 64.7 Å². The molecule has 0 saturated heterocycles. The van der Waals surface area contributed by atoms with Crippen molar-refractivity contribution in [1.82, 2.24) is 10.9 Å². The maximum atomic E-state index is 11.9. The van der Waals surface area contributed by atoms with Gasteiger partial charge in [-0.1, -0.05) is 35.9 Å². The van der Waals surface area contributed by atoms with Crippen molar-refractivity contribution in [1.29, 1.82) is 0 Å². The summed E-state index contributed by atoms with van der Waals surface area (Å²) in [7, 11) is 1.58. The second kappa shape index (κ2) is 10.2. The molecule has 2 aromatic carbocycles. The van der Waals surface area contributed by atoms with Crippen LogP contribution in [0.2, 0.25) is 5.02 Å². The second-order valence-corrected chi connectivity index (χ2v) is 5.90. The molecule has 0 aliphatic rings. The molecule has 0 fully saturated rings. The third-order valence-corrected chi connectivity index (χ3v) is 3.90. The Bertz CT molecular complexity index is 808. The van der Waals surface area contributed by atoms with E-state index < -0.39 is 24.4 Å². The molecule has 0 aromatic heterocycles. The first kappa shape index (κ1) is 20.3. The fourth-order valence-corrected chi connectivity index (χ4v) is 2.35. The lowest BCUT2D eigenvalue weighted by molar-refractivity contribution is -0.148. The minimum atomic E-state index is -0.659. The van der Waals surface area contributed by atoms with Crippen molar-refractivity contribution in [2.24, 2.45) is 0 Å². The van der Waals surface area contributed by atoms with Gasteiger partial charge < -0.3 is 9.47 Å². The lowest BCUT2D eigenvalue weighted by Crippen LogP contribution is -2.43. The van der Waals surface area contributed by atoms with Crippen molar-refractivity contribution in [2.45, 2.75) is 12.8 Å². The summed E-state index contributed by atoms with van der Waals surface area (Å²) in [6, 6.07) is 13.7. The molecular formula is C19H19ClN2O5. The maximum Gasteiger partial charge on any atom is 0.306 e. The van der Waals surface area contributed by atoms with Crippen molar-refractivity contribution in [3.8, 4) is 5.75 Å². The molecule has 2 amide bonds. The van der Waals surface area contributed by atoms with Crippen LogP contribution in [0.3, 0.4) is 0 Å². The number of hydrogen-bond donors (Lipinski definition) is 2. The van der Waals surface area contributed by atoms with Gasteiger partial charge in [-0.25, -0.2) is 0 Å². The number of amides is 2. The number of aryl methyl sites for hydroxylation is 1. The zero-order valence-corrected chi connectivity index (χ0v) is 15.4. The summed E-state index contributed by atoms with van der Waals surface area (Å²) in [5.41, 5.74) is 5.53. The molecule has 0 aliphatic carbocycles. The summed E-state index contributed by atoms with van der Waals surface area (Å²) in [5, 5.41) is 0.259. The number of nitrogens with one attached hydrogen (secondary N) is 2. The maximum absolute atomic E-state index is 11.9. The SMILES string of the molecule is COc1ccc(CCC(=O)OCC(=O)NNC(=O)c2ccccc2Cl)cc1. The molecule has 0 heterocycles. The van der Waals surface area contributed by atoms with E-state index in [-0.39, 0.29) is 17.0 Å². The Hall–Kier alpha value is -3.06. The summed E-state index contributed by atoms with van der Waals surface area (Å²) in [6.07, 6.45) is 0.610. The molecular weight excluding hydrogens is 372 g/mol. The Morgan fingerprint density at radius 1 is 1.00 bits per heavy atom. The average Bonchev–Trinajstić information content (AvgIpc) is 2.69. The zero-order valence-electron chi connectivity index (χ0n) is 14.7. The van der Waals surface area contributed by atoms with Gasteiger partial charge in [-0.3, -0.25) is 25.2 Å². The van der Waals surface area contributed by atoms with Gasteiger partial charge in [0.15, 0.2) is 6.61 Å². The standard InChI is InChI=1S/C19H19ClN2O5/c1-26-14-9-6-13(7-10-14)8-11-18(24)27-12-17(23)21-22-19(25)15-4-2-3-5-16(15)20/h2-7,9-10H,8,11-12H2,1H3,(H,21,23)(H,22,25). The van der Waals surface area contributed by atoms with Gasteiger partial charge in [0.1, 0.15) is 5.75 Å². The molecule has 2 aromatic rings. The van der Waals surface area contributed by atoms with Gasteiger partial charge in [-0.2, -0.15) is 0 Å². The fraction of sp³-hybridized carbons (Fsp3) is 0.211. The highest BCUT2D eigenvalue weighted by molar-refractivity contribution is 6.33. The molecule has 0 spiro atoms. The van der Waals surface area contributed by atoms with E-state index in [0.717, 1.165) is 11.3 Å². The number of carbonyl (C=O) groups is 3. The van der Waals surface area contributed by atoms with Gasteiger partial charge in [-0.05, 0) is 36.2 Å². The number of hydrogen-bond acceptors (Lipinski definition) is 5. The van der Waals surface area contributed by atoms with E-state index in [0.29, 0.717) is 6.42 Å². The molecule has 0 saturated carbocycles. The highest BCUT2D eigenvalue weighted by Gasteiger charge is 2.12. The molecule has 2 N–H and O–H groups in total. The summed E-state index contributed by atoms with van der Waals surface area (Å²) in [4.78, 5) is 35.3. The number of hydrazine groups is 1. The smallest absolute Gasteiger partial charge is 0.306 e. The highest BCUT2D eigenvalue weighted by atomic mass is 35.5.